The van der Waals surface area contributed by atoms with Crippen molar-refractivity contribution in [2.75, 3.05) is 0 Å². The molecule has 100 valence electrons. The SMILES string of the molecule is CCc1cc(O)ccc1C1=CC2CCC(C)(O2)C1=O. The number of aryl methyl sites for hydroxylation is 1. The van der Waals surface area contributed by atoms with Crippen molar-refractivity contribution in [3.63, 3.8) is 0 Å². The first kappa shape index (κ1) is 12.4. The minimum absolute atomic E-state index is 0.0520. The third-order valence-corrected chi connectivity index (χ3v) is 4.15. The van der Waals surface area contributed by atoms with E-state index >= 15 is 0 Å². The van der Waals surface area contributed by atoms with Crippen LogP contribution in [0.2, 0.25) is 0 Å². The van der Waals surface area contributed by atoms with E-state index in [1.807, 2.05) is 26.0 Å². The van der Waals surface area contributed by atoms with Crippen LogP contribution in [-0.2, 0) is 16.0 Å². The molecule has 0 saturated carbocycles. The molecule has 3 nitrogen and oxygen atoms in total. The Morgan fingerprint density at radius 3 is 3.00 bits per heavy atom. The molecule has 3 heteroatoms. The number of carbonyl (C=O) groups excluding carboxylic acids is 1. The minimum atomic E-state index is -0.655. The number of fused-ring (bicyclic) bond motifs is 2. The van der Waals surface area contributed by atoms with Crippen molar-refractivity contribution in [3.05, 3.63) is 35.4 Å². The average molecular weight is 258 g/mol. The summed E-state index contributed by atoms with van der Waals surface area (Å²) in [5.74, 6) is 0.316. The third-order valence-electron chi connectivity index (χ3n) is 4.15. The lowest BCUT2D eigenvalue weighted by Crippen LogP contribution is -2.38. The van der Waals surface area contributed by atoms with Crippen molar-refractivity contribution in [1.82, 2.24) is 0 Å². The highest BCUT2D eigenvalue weighted by Gasteiger charge is 2.47. The van der Waals surface area contributed by atoms with Crippen molar-refractivity contribution in [2.24, 2.45) is 0 Å². The number of rotatable bonds is 2. The lowest BCUT2D eigenvalue weighted by molar-refractivity contribution is -0.134. The van der Waals surface area contributed by atoms with Crippen LogP contribution in [0.15, 0.2) is 24.3 Å². The predicted octanol–water partition coefficient (Wildman–Crippen LogP) is 2.86. The molecule has 1 aromatic rings. The Morgan fingerprint density at radius 1 is 1.47 bits per heavy atom. The molecule has 19 heavy (non-hydrogen) atoms. The monoisotopic (exact) mass is 258 g/mol. The second-order valence-electron chi connectivity index (χ2n) is 5.53. The van der Waals surface area contributed by atoms with Gasteiger partial charge in [0.1, 0.15) is 11.4 Å². The van der Waals surface area contributed by atoms with Crippen LogP contribution in [0.1, 0.15) is 37.8 Å². The van der Waals surface area contributed by atoms with Crippen LogP contribution in [0.4, 0.5) is 0 Å². The maximum absolute atomic E-state index is 12.6. The van der Waals surface area contributed by atoms with Crippen LogP contribution >= 0.6 is 0 Å². The van der Waals surface area contributed by atoms with E-state index in [0.29, 0.717) is 0 Å². The molecule has 0 spiro atoms. The van der Waals surface area contributed by atoms with Crippen molar-refractivity contribution in [1.29, 1.82) is 0 Å². The standard InChI is InChI=1S/C16H18O3/c1-3-10-8-11(17)4-5-13(10)14-9-12-6-7-16(2,19-12)15(14)18/h4-5,8-9,12,17H,3,6-7H2,1-2H3. The summed E-state index contributed by atoms with van der Waals surface area (Å²) in [6, 6.07) is 5.22. The van der Waals surface area contributed by atoms with E-state index in [9.17, 15) is 9.90 Å². The number of benzene rings is 1. The topological polar surface area (TPSA) is 46.5 Å². The molecule has 0 aliphatic carbocycles. The summed E-state index contributed by atoms with van der Waals surface area (Å²) < 4.78 is 5.77. The molecule has 1 aromatic carbocycles. The summed E-state index contributed by atoms with van der Waals surface area (Å²) in [5, 5.41) is 9.57. The molecule has 0 amide bonds. The first-order valence-corrected chi connectivity index (χ1v) is 6.80. The maximum Gasteiger partial charge on any atom is 0.194 e. The Labute approximate surface area is 112 Å². The minimum Gasteiger partial charge on any atom is -0.508 e. The van der Waals surface area contributed by atoms with Crippen molar-refractivity contribution < 1.29 is 14.6 Å². The Kier molecular flexibility index (Phi) is 2.75. The number of phenolic OH excluding ortho intramolecular Hbond substituents is 1. The van der Waals surface area contributed by atoms with Gasteiger partial charge < -0.3 is 9.84 Å². The molecule has 0 radical (unpaired) electrons. The van der Waals surface area contributed by atoms with Crippen LogP contribution in [0.3, 0.4) is 0 Å². The lowest BCUT2D eigenvalue weighted by atomic mass is 9.86. The van der Waals surface area contributed by atoms with Gasteiger partial charge in [-0.25, -0.2) is 0 Å². The molecule has 2 aliphatic rings. The van der Waals surface area contributed by atoms with Gasteiger partial charge in [0.15, 0.2) is 5.78 Å². The Morgan fingerprint density at radius 2 is 2.26 bits per heavy atom. The summed E-state index contributed by atoms with van der Waals surface area (Å²) in [7, 11) is 0. The van der Waals surface area contributed by atoms with Crippen LogP contribution in [0, 0.1) is 0 Å². The quantitative estimate of drug-likeness (QED) is 0.887. The van der Waals surface area contributed by atoms with E-state index in [1.54, 1.807) is 12.1 Å². The van der Waals surface area contributed by atoms with Gasteiger partial charge in [0.25, 0.3) is 0 Å². The molecule has 2 unspecified atom stereocenters. The Hall–Kier alpha value is -1.61. The second-order valence-corrected chi connectivity index (χ2v) is 5.53. The largest absolute Gasteiger partial charge is 0.508 e. The molecule has 2 atom stereocenters. The van der Waals surface area contributed by atoms with Crippen molar-refractivity contribution in [3.8, 4) is 5.75 Å². The van der Waals surface area contributed by atoms with Crippen LogP contribution in [0.25, 0.3) is 5.57 Å². The first-order chi connectivity index (χ1) is 9.03. The van der Waals surface area contributed by atoms with E-state index in [0.717, 1.165) is 36.0 Å². The lowest BCUT2D eigenvalue weighted by Gasteiger charge is -2.29. The highest BCUT2D eigenvalue weighted by molar-refractivity contribution is 6.25. The third kappa shape index (κ3) is 1.89. The number of Topliss-reactive ketones (excluding diaryl/α,β-unsaturated/α-hetero) is 1. The highest BCUT2D eigenvalue weighted by Crippen LogP contribution is 2.41. The number of aromatic hydroxyl groups is 1. The van der Waals surface area contributed by atoms with E-state index in [-0.39, 0.29) is 17.6 Å². The van der Waals surface area contributed by atoms with Gasteiger partial charge in [-0.05, 0) is 55.5 Å². The molecule has 3 rings (SSSR count). The van der Waals surface area contributed by atoms with Gasteiger partial charge in [0, 0.05) is 5.57 Å². The first-order valence-electron chi connectivity index (χ1n) is 6.80. The summed E-state index contributed by atoms with van der Waals surface area (Å²) in [5.41, 5.74) is 2.04. The highest BCUT2D eigenvalue weighted by atomic mass is 16.5. The number of hydrogen-bond donors (Lipinski definition) is 1. The zero-order valence-corrected chi connectivity index (χ0v) is 11.3. The zero-order chi connectivity index (χ0) is 13.6. The van der Waals surface area contributed by atoms with Crippen LogP contribution in [0.5, 0.6) is 5.75 Å². The molecule has 2 bridgehead atoms. The van der Waals surface area contributed by atoms with Crippen molar-refractivity contribution >= 4 is 11.4 Å². The number of ketones is 1. The normalized spacial score (nSPS) is 29.5. The number of ether oxygens (including phenoxy) is 1. The summed E-state index contributed by atoms with van der Waals surface area (Å²) >= 11 is 0. The zero-order valence-electron chi connectivity index (χ0n) is 11.3. The van der Waals surface area contributed by atoms with E-state index in [2.05, 4.69) is 0 Å². The van der Waals surface area contributed by atoms with Gasteiger partial charge in [-0.15, -0.1) is 0 Å². The van der Waals surface area contributed by atoms with Gasteiger partial charge in [-0.1, -0.05) is 13.0 Å². The fraction of sp³-hybridized carbons (Fsp3) is 0.438. The van der Waals surface area contributed by atoms with Gasteiger partial charge in [0.05, 0.1) is 6.10 Å². The number of phenols is 1. The smallest absolute Gasteiger partial charge is 0.194 e. The molecule has 0 aromatic heterocycles. The van der Waals surface area contributed by atoms with Crippen molar-refractivity contribution in [2.45, 2.75) is 44.8 Å². The Balaban J connectivity index is 2.10. The van der Waals surface area contributed by atoms with Gasteiger partial charge >= 0.3 is 0 Å². The number of hydrogen-bond acceptors (Lipinski definition) is 3. The summed E-state index contributed by atoms with van der Waals surface area (Å²) in [6.45, 7) is 3.91. The van der Waals surface area contributed by atoms with Crippen LogP contribution in [-0.4, -0.2) is 22.6 Å². The van der Waals surface area contributed by atoms with Gasteiger partial charge in [0.2, 0.25) is 0 Å². The Bertz CT molecular complexity index is 573. The summed E-state index contributed by atoms with van der Waals surface area (Å²) in [4.78, 5) is 12.6. The molecule has 2 heterocycles. The molecular weight excluding hydrogens is 240 g/mol. The van der Waals surface area contributed by atoms with Gasteiger partial charge in [-0.3, -0.25) is 4.79 Å². The van der Waals surface area contributed by atoms with E-state index in [4.69, 9.17) is 4.74 Å². The molecular formula is C16H18O3. The summed E-state index contributed by atoms with van der Waals surface area (Å²) in [6.07, 6.45) is 4.48. The van der Waals surface area contributed by atoms with Crippen LogP contribution < -0.4 is 0 Å². The maximum atomic E-state index is 12.6. The fourth-order valence-electron chi connectivity index (χ4n) is 3.05. The second kappa shape index (κ2) is 4.20. The molecule has 1 N–H and O–H groups in total. The average Bonchev–Trinajstić information content (AvgIpc) is 2.73. The van der Waals surface area contributed by atoms with Gasteiger partial charge in [-0.2, -0.15) is 0 Å². The number of carbonyl (C=O) groups is 1. The van der Waals surface area contributed by atoms with E-state index in [1.165, 1.54) is 0 Å². The molecule has 2 aliphatic heterocycles. The molecule has 1 fully saturated rings. The predicted molar refractivity (Wildman–Crippen MR) is 73.0 cm³/mol. The van der Waals surface area contributed by atoms with E-state index < -0.39 is 5.60 Å². The molecule has 1 saturated heterocycles. The fourth-order valence-corrected chi connectivity index (χ4v) is 3.05.